The number of benzene rings is 1. The first-order valence-corrected chi connectivity index (χ1v) is 2.83. The molecule has 0 atom stereocenters. The summed E-state index contributed by atoms with van der Waals surface area (Å²) in [6.07, 6.45) is 0. The number of hydrogen-bond donors (Lipinski definition) is 0. The third kappa shape index (κ3) is 0.945. The van der Waals surface area contributed by atoms with Gasteiger partial charge in [0.25, 0.3) is 0 Å². The van der Waals surface area contributed by atoms with Gasteiger partial charge in [0.05, 0.1) is 0 Å². The van der Waals surface area contributed by atoms with Crippen molar-refractivity contribution in [3.63, 3.8) is 0 Å². The van der Waals surface area contributed by atoms with Crippen LogP contribution in [0.5, 0.6) is 0 Å². The van der Waals surface area contributed by atoms with Gasteiger partial charge in [0.15, 0.2) is 0 Å². The van der Waals surface area contributed by atoms with Crippen LogP contribution in [0.15, 0.2) is 24.3 Å². The van der Waals surface area contributed by atoms with Crippen molar-refractivity contribution in [2.75, 3.05) is 0 Å². The molecule has 2 heteroatoms. The van der Waals surface area contributed by atoms with Gasteiger partial charge in [0.2, 0.25) is 0 Å². The molecule has 0 fully saturated rings. The minimum absolute atomic E-state index is 1.37. The summed E-state index contributed by atoms with van der Waals surface area (Å²) in [4.78, 5) is 0. The molecule has 1 aromatic carbocycles. The minimum atomic E-state index is 1.37. The van der Waals surface area contributed by atoms with Crippen molar-refractivity contribution in [2.45, 2.75) is 0 Å². The molecule has 38 valence electrons. The van der Waals surface area contributed by atoms with Crippen LogP contribution in [0.3, 0.4) is 0 Å². The Hall–Kier alpha value is -0.650. The van der Waals surface area contributed by atoms with Crippen LogP contribution in [0.1, 0.15) is 0 Å². The van der Waals surface area contributed by atoms with Crippen LogP contribution in [0.4, 0.5) is 0 Å². The molecule has 0 nitrogen and oxygen atoms in total. The maximum atomic E-state index is 2.12. The second-order valence-corrected chi connectivity index (χ2v) is 2.08. The topological polar surface area (TPSA) is 0 Å². The van der Waals surface area contributed by atoms with Crippen molar-refractivity contribution in [3.05, 3.63) is 24.3 Å². The zero-order chi connectivity index (χ0) is 5.98. The van der Waals surface area contributed by atoms with Crippen molar-refractivity contribution in [2.24, 2.45) is 0 Å². The molecule has 0 aliphatic carbocycles. The molecular formula is C6H8B2. The van der Waals surface area contributed by atoms with Gasteiger partial charge in [-0.15, -0.1) is 0 Å². The average Bonchev–Trinajstić information content (AvgIpc) is 1.77. The van der Waals surface area contributed by atoms with E-state index in [1.54, 1.807) is 0 Å². The summed E-state index contributed by atoms with van der Waals surface area (Å²) in [5.41, 5.74) is 2.74. The zero-order valence-electron chi connectivity index (χ0n) is 5.31. The highest BCUT2D eigenvalue weighted by molar-refractivity contribution is 6.48. The van der Waals surface area contributed by atoms with E-state index in [4.69, 9.17) is 0 Å². The molecule has 1 aromatic rings. The monoisotopic (exact) mass is 102 g/mol. The van der Waals surface area contributed by atoms with E-state index in [-0.39, 0.29) is 0 Å². The molecule has 0 unspecified atom stereocenters. The molecule has 0 aromatic heterocycles. The normalized spacial score (nSPS) is 9.00. The van der Waals surface area contributed by atoms with Gasteiger partial charge in [0.1, 0.15) is 15.7 Å². The summed E-state index contributed by atoms with van der Waals surface area (Å²) in [6, 6.07) is 8.36. The summed E-state index contributed by atoms with van der Waals surface area (Å²) in [5.74, 6) is 0. The predicted molar refractivity (Wildman–Crippen MR) is 42.8 cm³/mol. The molecule has 0 heterocycles. The van der Waals surface area contributed by atoms with Crippen LogP contribution < -0.4 is 10.9 Å². The average molecular weight is 102 g/mol. The van der Waals surface area contributed by atoms with Crippen LogP contribution in [0.25, 0.3) is 0 Å². The fourth-order valence-corrected chi connectivity index (χ4v) is 0.663. The molecule has 0 aliphatic heterocycles. The van der Waals surface area contributed by atoms with Crippen molar-refractivity contribution < 1.29 is 0 Å². The Bertz CT molecular complexity index is 163. The van der Waals surface area contributed by atoms with Gasteiger partial charge in [-0.1, -0.05) is 35.2 Å². The van der Waals surface area contributed by atoms with E-state index in [9.17, 15) is 0 Å². The lowest BCUT2D eigenvalue weighted by atomic mass is 9.81. The van der Waals surface area contributed by atoms with Gasteiger partial charge in [0, 0.05) is 0 Å². The molecule has 0 bridgehead atoms. The maximum absolute atomic E-state index is 2.12. The summed E-state index contributed by atoms with van der Waals surface area (Å²) in [5, 5.41) is 0. The summed E-state index contributed by atoms with van der Waals surface area (Å²) in [7, 11) is 4.24. The first-order valence-electron chi connectivity index (χ1n) is 2.83. The minimum Gasteiger partial charge on any atom is -0.0951 e. The molecule has 0 amide bonds. The summed E-state index contributed by atoms with van der Waals surface area (Å²) in [6.45, 7) is 0. The molecule has 0 aliphatic rings. The van der Waals surface area contributed by atoms with E-state index in [0.717, 1.165) is 0 Å². The molecule has 0 saturated heterocycles. The Kier molecular flexibility index (Phi) is 1.43. The third-order valence-corrected chi connectivity index (χ3v) is 1.43. The summed E-state index contributed by atoms with van der Waals surface area (Å²) < 4.78 is 0. The van der Waals surface area contributed by atoms with Crippen molar-refractivity contribution in [1.82, 2.24) is 0 Å². The van der Waals surface area contributed by atoms with Crippen LogP contribution in [-0.4, -0.2) is 15.7 Å². The van der Waals surface area contributed by atoms with Crippen molar-refractivity contribution in [3.8, 4) is 0 Å². The highest BCUT2D eigenvalue weighted by Gasteiger charge is 1.84. The fraction of sp³-hybridized carbons (Fsp3) is 0. The number of hydrogen-bond acceptors (Lipinski definition) is 0. The predicted octanol–water partition coefficient (Wildman–Crippen LogP) is -1.80. The van der Waals surface area contributed by atoms with E-state index in [2.05, 4.69) is 40.0 Å². The van der Waals surface area contributed by atoms with Gasteiger partial charge in [-0.3, -0.25) is 0 Å². The van der Waals surface area contributed by atoms with E-state index in [0.29, 0.717) is 0 Å². The van der Waals surface area contributed by atoms with E-state index >= 15 is 0 Å². The summed E-state index contributed by atoms with van der Waals surface area (Å²) >= 11 is 0. The smallest absolute Gasteiger partial charge is 0.0951 e. The van der Waals surface area contributed by atoms with Crippen molar-refractivity contribution in [1.29, 1.82) is 0 Å². The second-order valence-electron chi connectivity index (χ2n) is 2.08. The molecule has 0 saturated carbocycles. The van der Waals surface area contributed by atoms with Crippen LogP contribution >= 0.6 is 0 Å². The maximum Gasteiger partial charge on any atom is 0.138 e. The quantitative estimate of drug-likeness (QED) is 0.339. The Balaban J connectivity index is 3.13. The van der Waals surface area contributed by atoms with Gasteiger partial charge in [-0.2, -0.15) is 0 Å². The van der Waals surface area contributed by atoms with Crippen LogP contribution in [0, 0.1) is 0 Å². The lowest BCUT2D eigenvalue weighted by Crippen LogP contribution is -2.24. The standard InChI is InChI=1S/C6H8B2/c7-5-3-1-2-4-6(5)8/h1-4H,7-8H2. The Morgan fingerprint density at radius 3 is 1.50 bits per heavy atom. The van der Waals surface area contributed by atoms with E-state index in [1.165, 1.54) is 10.9 Å². The van der Waals surface area contributed by atoms with E-state index in [1.807, 2.05) is 0 Å². The largest absolute Gasteiger partial charge is 0.138 e. The highest BCUT2D eigenvalue weighted by atomic mass is 13.8. The SMILES string of the molecule is Bc1ccccc1B. The van der Waals surface area contributed by atoms with Crippen LogP contribution in [0.2, 0.25) is 0 Å². The third-order valence-electron chi connectivity index (χ3n) is 1.43. The molecule has 0 radical (unpaired) electrons. The lowest BCUT2D eigenvalue weighted by Gasteiger charge is -1.93. The van der Waals surface area contributed by atoms with Crippen LogP contribution in [-0.2, 0) is 0 Å². The number of rotatable bonds is 0. The molecule has 1 rings (SSSR count). The Labute approximate surface area is 51.7 Å². The highest BCUT2D eigenvalue weighted by Crippen LogP contribution is 1.73. The molecule has 0 N–H and O–H groups in total. The van der Waals surface area contributed by atoms with E-state index < -0.39 is 0 Å². The molecule has 0 spiro atoms. The first kappa shape index (κ1) is 5.49. The second kappa shape index (κ2) is 2.08. The molecule has 8 heavy (non-hydrogen) atoms. The zero-order valence-corrected chi connectivity index (χ0v) is 5.31. The molecular weight excluding hydrogens is 93.7 g/mol. The van der Waals surface area contributed by atoms with Crippen molar-refractivity contribution >= 4 is 26.6 Å². The van der Waals surface area contributed by atoms with Gasteiger partial charge < -0.3 is 0 Å². The van der Waals surface area contributed by atoms with Gasteiger partial charge >= 0.3 is 0 Å². The Morgan fingerprint density at radius 2 is 1.25 bits per heavy atom. The Morgan fingerprint density at radius 1 is 0.875 bits per heavy atom. The van der Waals surface area contributed by atoms with Gasteiger partial charge in [-0.25, -0.2) is 0 Å². The first-order chi connectivity index (χ1) is 3.80. The lowest BCUT2D eigenvalue weighted by molar-refractivity contribution is 1.83. The fourth-order valence-electron chi connectivity index (χ4n) is 0.663. The van der Waals surface area contributed by atoms with Gasteiger partial charge in [-0.05, 0) is 0 Å².